The summed E-state index contributed by atoms with van der Waals surface area (Å²) in [7, 11) is 0. The summed E-state index contributed by atoms with van der Waals surface area (Å²) in [6.45, 7) is 1.66. The van der Waals surface area contributed by atoms with Gasteiger partial charge in [0.1, 0.15) is 5.52 Å². The highest BCUT2D eigenvalue weighted by Gasteiger charge is 2.10. The second-order valence-electron chi connectivity index (χ2n) is 5.28. The minimum atomic E-state index is -0.480. The molecule has 0 radical (unpaired) electrons. The molecule has 1 amide bonds. The first-order valence-corrected chi connectivity index (χ1v) is 8.58. The molecule has 1 heterocycles. The Bertz CT molecular complexity index is 966. The van der Waals surface area contributed by atoms with Crippen molar-refractivity contribution in [3.05, 3.63) is 64.2 Å². The van der Waals surface area contributed by atoms with Crippen molar-refractivity contribution >= 4 is 40.2 Å². The van der Waals surface area contributed by atoms with E-state index < -0.39 is 4.92 Å². The first kappa shape index (κ1) is 17.6. The highest BCUT2D eigenvalue weighted by Crippen LogP contribution is 2.22. The third kappa shape index (κ3) is 4.25. The van der Waals surface area contributed by atoms with Gasteiger partial charge in [-0.15, -0.1) is 0 Å². The summed E-state index contributed by atoms with van der Waals surface area (Å²) in [5.41, 5.74) is 4.81. The van der Waals surface area contributed by atoms with Gasteiger partial charge in [0, 0.05) is 17.7 Å². The number of thioether (sulfide) groups is 1. The molecule has 0 aliphatic carbocycles. The number of fused-ring (bicyclic) bond motifs is 1. The van der Waals surface area contributed by atoms with Crippen molar-refractivity contribution < 1.29 is 14.1 Å². The number of nitrogens with zero attached hydrogens (tertiary/aromatic N) is 3. The van der Waals surface area contributed by atoms with E-state index in [4.69, 9.17) is 4.42 Å². The Morgan fingerprint density at radius 1 is 1.31 bits per heavy atom. The van der Waals surface area contributed by atoms with Crippen LogP contribution in [-0.2, 0) is 4.79 Å². The maximum atomic E-state index is 11.9. The van der Waals surface area contributed by atoms with Crippen molar-refractivity contribution in [3.63, 3.8) is 0 Å². The molecule has 0 fully saturated rings. The van der Waals surface area contributed by atoms with Crippen LogP contribution in [0, 0.1) is 10.1 Å². The zero-order chi connectivity index (χ0) is 18.5. The molecule has 0 bridgehead atoms. The van der Waals surface area contributed by atoms with Crippen molar-refractivity contribution in [1.29, 1.82) is 0 Å². The van der Waals surface area contributed by atoms with Crippen LogP contribution in [0.3, 0.4) is 0 Å². The number of nitro benzene ring substituents is 1. The summed E-state index contributed by atoms with van der Waals surface area (Å²) in [6, 6.07) is 13.4. The second-order valence-corrected chi connectivity index (χ2v) is 6.20. The van der Waals surface area contributed by atoms with Gasteiger partial charge in [0.25, 0.3) is 16.8 Å². The number of rotatable bonds is 6. The fourth-order valence-electron chi connectivity index (χ4n) is 2.13. The van der Waals surface area contributed by atoms with Crippen LogP contribution in [0.25, 0.3) is 11.1 Å². The van der Waals surface area contributed by atoms with Crippen molar-refractivity contribution in [2.75, 3.05) is 5.75 Å². The maximum absolute atomic E-state index is 11.9. The largest absolute Gasteiger partial charge is 0.431 e. The quantitative estimate of drug-likeness (QED) is 0.308. The Morgan fingerprint density at radius 2 is 2.12 bits per heavy atom. The Balaban J connectivity index is 1.58. The molecule has 132 valence electrons. The lowest BCUT2D eigenvalue weighted by Crippen LogP contribution is -2.21. The topological polar surface area (TPSA) is 111 Å². The van der Waals surface area contributed by atoms with E-state index in [-0.39, 0.29) is 17.3 Å². The van der Waals surface area contributed by atoms with Crippen molar-refractivity contribution in [3.8, 4) is 0 Å². The van der Waals surface area contributed by atoms with E-state index in [2.05, 4.69) is 15.5 Å². The minimum absolute atomic E-state index is 0.0325. The van der Waals surface area contributed by atoms with Crippen molar-refractivity contribution in [2.24, 2.45) is 5.10 Å². The highest BCUT2D eigenvalue weighted by molar-refractivity contribution is 7.99. The number of carbonyl (C=O) groups excluding carboxylic acids is 1. The summed E-state index contributed by atoms with van der Waals surface area (Å²) in [5, 5.41) is 15.2. The average molecular weight is 370 g/mol. The smallest absolute Gasteiger partial charge is 0.270 e. The van der Waals surface area contributed by atoms with Crippen LogP contribution in [0.2, 0.25) is 0 Å². The number of nitro groups is 1. The third-order valence-corrected chi connectivity index (χ3v) is 4.25. The van der Waals surface area contributed by atoms with Gasteiger partial charge in [-0.1, -0.05) is 36.0 Å². The van der Waals surface area contributed by atoms with Crippen LogP contribution >= 0.6 is 11.8 Å². The molecule has 3 aromatic rings. The summed E-state index contributed by atoms with van der Waals surface area (Å²) in [5.74, 6) is -0.250. The molecular formula is C17H14N4O4S. The van der Waals surface area contributed by atoms with Crippen LogP contribution in [0.4, 0.5) is 5.69 Å². The van der Waals surface area contributed by atoms with Crippen LogP contribution in [0.5, 0.6) is 0 Å². The van der Waals surface area contributed by atoms with Gasteiger partial charge in [0.2, 0.25) is 0 Å². The number of hydrogen-bond acceptors (Lipinski definition) is 7. The standard InChI is InChI=1S/C17H14N4O4S/c1-11(12-5-4-6-13(9-12)21(23)24)19-20-16(22)10-26-17-18-14-7-2-3-8-15(14)25-17/h2-9H,10H2,1H3,(H,20,22)/b19-11+. The summed E-state index contributed by atoms with van der Waals surface area (Å²) in [6.07, 6.45) is 0. The average Bonchev–Trinajstić information content (AvgIpc) is 3.07. The first-order valence-electron chi connectivity index (χ1n) is 7.59. The predicted molar refractivity (Wildman–Crippen MR) is 98.2 cm³/mol. The zero-order valence-electron chi connectivity index (χ0n) is 13.7. The molecule has 0 saturated carbocycles. The van der Waals surface area contributed by atoms with Crippen LogP contribution in [0.15, 0.2) is 63.3 Å². The third-order valence-electron chi connectivity index (χ3n) is 3.42. The number of para-hydroxylation sites is 2. The van der Waals surface area contributed by atoms with E-state index in [1.807, 2.05) is 18.2 Å². The van der Waals surface area contributed by atoms with Crippen LogP contribution in [-0.4, -0.2) is 27.3 Å². The van der Waals surface area contributed by atoms with Gasteiger partial charge in [-0.2, -0.15) is 5.10 Å². The van der Waals surface area contributed by atoms with E-state index in [1.54, 1.807) is 25.1 Å². The van der Waals surface area contributed by atoms with Crippen LogP contribution < -0.4 is 5.43 Å². The molecule has 0 spiro atoms. The summed E-state index contributed by atoms with van der Waals surface area (Å²) in [4.78, 5) is 26.5. The van der Waals surface area contributed by atoms with Crippen LogP contribution in [0.1, 0.15) is 12.5 Å². The van der Waals surface area contributed by atoms with E-state index in [9.17, 15) is 14.9 Å². The molecule has 0 aliphatic heterocycles. The van der Waals surface area contributed by atoms with Gasteiger partial charge >= 0.3 is 0 Å². The molecule has 0 atom stereocenters. The minimum Gasteiger partial charge on any atom is -0.431 e. The van der Waals surface area contributed by atoms with Gasteiger partial charge in [0.15, 0.2) is 5.58 Å². The van der Waals surface area contributed by atoms with E-state index >= 15 is 0 Å². The molecule has 0 unspecified atom stereocenters. The number of amides is 1. The maximum Gasteiger partial charge on any atom is 0.270 e. The van der Waals surface area contributed by atoms with Crippen molar-refractivity contribution in [2.45, 2.75) is 12.1 Å². The molecule has 1 N–H and O–H groups in total. The van der Waals surface area contributed by atoms with Gasteiger partial charge in [-0.05, 0) is 19.1 Å². The molecule has 8 nitrogen and oxygen atoms in total. The van der Waals surface area contributed by atoms with Gasteiger partial charge in [-0.25, -0.2) is 10.4 Å². The Labute approximate surface area is 152 Å². The molecule has 9 heteroatoms. The second kappa shape index (κ2) is 7.79. The lowest BCUT2D eigenvalue weighted by Gasteiger charge is -2.02. The highest BCUT2D eigenvalue weighted by atomic mass is 32.2. The Kier molecular flexibility index (Phi) is 5.28. The van der Waals surface area contributed by atoms with Gasteiger partial charge in [-0.3, -0.25) is 14.9 Å². The number of aromatic nitrogens is 1. The Morgan fingerprint density at radius 3 is 2.88 bits per heavy atom. The van der Waals surface area contributed by atoms with Gasteiger partial charge < -0.3 is 4.42 Å². The monoisotopic (exact) mass is 370 g/mol. The first-order chi connectivity index (χ1) is 12.5. The summed E-state index contributed by atoms with van der Waals surface area (Å²) < 4.78 is 5.52. The normalized spacial score (nSPS) is 11.5. The predicted octanol–water partition coefficient (Wildman–Crippen LogP) is 3.37. The molecule has 0 aliphatic rings. The number of nitrogens with one attached hydrogen (secondary N) is 1. The van der Waals surface area contributed by atoms with Gasteiger partial charge in [0.05, 0.1) is 16.4 Å². The SMILES string of the molecule is C/C(=N\NC(=O)CSc1nc2ccccc2o1)c1cccc([N+](=O)[O-])c1. The van der Waals surface area contributed by atoms with Crippen molar-refractivity contribution in [1.82, 2.24) is 10.4 Å². The number of hydrazone groups is 1. The molecule has 0 saturated heterocycles. The Hall–Kier alpha value is -3.20. The molecule has 1 aromatic heterocycles. The summed E-state index contributed by atoms with van der Waals surface area (Å²) >= 11 is 1.16. The fraction of sp³-hybridized carbons (Fsp3) is 0.118. The van der Waals surface area contributed by atoms with E-state index in [0.29, 0.717) is 22.1 Å². The number of hydrogen-bond donors (Lipinski definition) is 1. The molecular weight excluding hydrogens is 356 g/mol. The molecule has 26 heavy (non-hydrogen) atoms. The fourth-order valence-corrected chi connectivity index (χ4v) is 2.76. The molecule has 3 rings (SSSR count). The lowest BCUT2D eigenvalue weighted by atomic mass is 10.1. The lowest BCUT2D eigenvalue weighted by molar-refractivity contribution is -0.384. The number of benzene rings is 2. The molecule has 2 aromatic carbocycles. The number of carbonyl (C=O) groups is 1. The zero-order valence-corrected chi connectivity index (χ0v) is 14.5. The van der Waals surface area contributed by atoms with E-state index in [0.717, 1.165) is 17.3 Å². The van der Waals surface area contributed by atoms with E-state index in [1.165, 1.54) is 12.1 Å². The number of non-ortho nitro benzene ring substituents is 1. The number of oxazole rings is 1.